The predicted molar refractivity (Wildman–Crippen MR) is 87.3 cm³/mol. The number of nitrogens with one attached hydrogen (secondary N) is 1. The molecule has 3 rings (SSSR count). The lowest BCUT2D eigenvalue weighted by Crippen LogP contribution is -2.17. The van der Waals surface area contributed by atoms with Crippen LogP contribution in [0.15, 0.2) is 35.4 Å². The summed E-state index contributed by atoms with van der Waals surface area (Å²) in [5.74, 6) is -2.79. The number of benzene rings is 1. The van der Waals surface area contributed by atoms with Gasteiger partial charge in [0.05, 0.1) is 11.1 Å². The van der Waals surface area contributed by atoms with E-state index in [0.29, 0.717) is 11.7 Å². The lowest BCUT2D eigenvalue weighted by Gasteiger charge is -2.10. The molecular weight excluding hydrogens is 352 g/mol. The van der Waals surface area contributed by atoms with Crippen molar-refractivity contribution < 1.29 is 22.0 Å². The number of alkyl halides is 2. The summed E-state index contributed by atoms with van der Waals surface area (Å²) >= 11 is 0. The van der Waals surface area contributed by atoms with Crippen LogP contribution in [-0.2, 0) is 16.4 Å². The maximum atomic E-state index is 12.5. The molecule has 0 bridgehead atoms. The summed E-state index contributed by atoms with van der Waals surface area (Å²) in [5, 5.41) is 7.00. The number of aryl methyl sites for hydroxylation is 1. The topological polar surface area (TPSA) is 81.1 Å². The van der Waals surface area contributed by atoms with Crippen molar-refractivity contribution >= 4 is 21.6 Å². The second-order valence-electron chi connectivity index (χ2n) is 6.09. The maximum Gasteiger partial charge on any atom is 0.341 e. The van der Waals surface area contributed by atoms with Crippen molar-refractivity contribution in [3.05, 3.63) is 41.6 Å². The van der Waals surface area contributed by atoms with Crippen molar-refractivity contribution in [3.63, 3.8) is 0 Å². The molecule has 1 saturated carbocycles. The van der Waals surface area contributed by atoms with Gasteiger partial charge < -0.3 is 5.32 Å². The van der Waals surface area contributed by atoms with Gasteiger partial charge in [-0.05, 0) is 49.9 Å². The molecule has 0 aliphatic heterocycles. The van der Waals surface area contributed by atoms with Crippen molar-refractivity contribution in [1.82, 2.24) is 9.78 Å². The van der Waals surface area contributed by atoms with Crippen molar-refractivity contribution in [2.75, 3.05) is 5.32 Å². The van der Waals surface area contributed by atoms with Gasteiger partial charge in [-0.1, -0.05) is 0 Å². The Balaban J connectivity index is 1.77. The fourth-order valence-electron chi connectivity index (χ4n) is 2.40. The molecule has 0 saturated heterocycles. The highest BCUT2D eigenvalue weighted by Crippen LogP contribution is 2.32. The van der Waals surface area contributed by atoms with E-state index in [2.05, 4.69) is 10.4 Å². The Labute approximate surface area is 143 Å². The van der Waals surface area contributed by atoms with Gasteiger partial charge in [-0.3, -0.25) is 4.79 Å². The largest absolute Gasteiger partial charge is 0.341 e. The number of aromatic nitrogens is 2. The molecule has 1 N–H and O–H groups in total. The number of carbonyl (C=O) groups is 1. The van der Waals surface area contributed by atoms with Gasteiger partial charge in [0.2, 0.25) is 9.84 Å². The molecule has 1 aromatic carbocycles. The SMILES string of the molecule is Cc1cnn(CC2CC2)c1NC(=O)c1ccc(S(=O)(=O)C(F)F)cc1. The van der Waals surface area contributed by atoms with Crippen molar-refractivity contribution in [3.8, 4) is 0 Å². The number of rotatable bonds is 6. The van der Waals surface area contributed by atoms with E-state index >= 15 is 0 Å². The zero-order chi connectivity index (χ0) is 18.2. The number of carbonyl (C=O) groups excluding carboxylic acids is 1. The van der Waals surface area contributed by atoms with Crippen LogP contribution < -0.4 is 5.32 Å². The Morgan fingerprint density at radius 1 is 1.32 bits per heavy atom. The molecule has 0 unspecified atom stereocenters. The van der Waals surface area contributed by atoms with Gasteiger partial charge in [-0.15, -0.1) is 0 Å². The third-order valence-corrected chi connectivity index (χ3v) is 5.46. The first-order chi connectivity index (χ1) is 11.8. The molecule has 2 aromatic rings. The number of sulfone groups is 1. The quantitative estimate of drug-likeness (QED) is 0.849. The van der Waals surface area contributed by atoms with E-state index in [1.807, 2.05) is 6.92 Å². The third-order valence-electron chi connectivity index (χ3n) is 4.06. The minimum atomic E-state index is -4.67. The van der Waals surface area contributed by atoms with Gasteiger partial charge in [0.1, 0.15) is 5.82 Å². The second kappa shape index (κ2) is 6.55. The molecule has 1 aliphatic rings. The van der Waals surface area contributed by atoms with Gasteiger partial charge in [0.25, 0.3) is 5.91 Å². The molecule has 0 radical (unpaired) electrons. The van der Waals surface area contributed by atoms with Crippen LogP contribution in [-0.4, -0.2) is 29.9 Å². The second-order valence-corrected chi connectivity index (χ2v) is 8.00. The fraction of sp³-hybridized carbons (Fsp3) is 0.375. The van der Waals surface area contributed by atoms with Crippen LogP contribution in [0, 0.1) is 12.8 Å². The Hall–Kier alpha value is -2.29. The average Bonchev–Trinajstić information content (AvgIpc) is 3.34. The zero-order valence-corrected chi connectivity index (χ0v) is 14.3. The van der Waals surface area contributed by atoms with E-state index in [4.69, 9.17) is 0 Å². The number of hydrogen-bond acceptors (Lipinski definition) is 4. The monoisotopic (exact) mass is 369 g/mol. The Kier molecular flexibility index (Phi) is 4.59. The molecule has 1 aromatic heterocycles. The predicted octanol–water partition coefficient (Wildman–Crippen LogP) is 2.85. The molecule has 1 amide bonds. The molecule has 1 aliphatic carbocycles. The molecule has 1 fully saturated rings. The third kappa shape index (κ3) is 3.71. The van der Waals surface area contributed by atoms with Crippen LogP contribution in [0.3, 0.4) is 0 Å². The highest BCUT2D eigenvalue weighted by atomic mass is 32.2. The first-order valence-corrected chi connectivity index (χ1v) is 9.29. The van der Waals surface area contributed by atoms with E-state index in [1.165, 1.54) is 12.1 Å². The average molecular weight is 369 g/mol. The molecule has 25 heavy (non-hydrogen) atoms. The molecular formula is C16H17F2N3O3S. The number of anilines is 1. The Bertz CT molecular complexity index is 888. The van der Waals surface area contributed by atoms with Crippen LogP contribution in [0.25, 0.3) is 0 Å². The standard InChI is InChI=1S/C16H17F2N3O3S/c1-10-8-19-21(9-11-2-3-11)14(10)20-15(22)12-4-6-13(7-5-12)25(23,24)16(17)18/h4-8,11,16H,2-3,9H2,1H3,(H,20,22). The van der Waals surface area contributed by atoms with Gasteiger partial charge in [-0.25, -0.2) is 13.1 Å². The molecule has 0 spiro atoms. The summed E-state index contributed by atoms with van der Waals surface area (Å²) < 4.78 is 49.6. The van der Waals surface area contributed by atoms with E-state index in [9.17, 15) is 22.0 Å². The smallest absolute Gasteiger partial charge is 0.307 e. The molecule has 9 heteroatoms. The van der Waals surface area contributed by atoms with Crippen LogP contribution >= 0.6 is 0 Å². The minimum absolute atomic E-state index is 0.173. The van der Waals surface area contributed by atoms with E-state index in [-0.39, 0.29) is 5.56 Å². The van der Waals surface area contributed by atoms with Gasteiger partial charge >= 0.3 is 5.76 Å². The van der Waals surface area contributed by atoms with Crippen molar-refractivity contribution in [1.29, 1.82) is 0 Å². The van der Waals surface area contributed by atoms with Crippen LogP contribution in [0.1, 0.15) is 28.8 Å². The summed E-state index contributed by atoms with van der Waals surface area (Å²) in [5.41, 5.74) is 0.984. The van der Waals surface area contributed by atoms with E-state index in [1.54, 1.807) is 10.9 Å². The minimum Gasteiger partial charge on any atom is -0.307 e. The molecule has 1 heterocycles. The summed E-state index contributed by atoms with van der Waals surface area (Å²) in [6.07, 6.45) is 3.95. The first kappa shape index (κ1) is 17.5. The summed E-state index contributed by atoms with van der Waals surface area (Å²) in [7, 11) is -4.67. The zero-order valence-electron chi connectivity index (χ0n) is 13.4. The van der Waals surface area contributed by atoms with Crippen LogP contribution in [0.4, 0.5) is 14.6 Å². The molecule has 0 atom stereocenters. The van der Waals surface area contributed by atoms with Crippen LogP contribution in [0.2, 0.25) is 0 Å². The number of amides is 1. The highest BCUT2D eigenvalue weighted by molar-refractivity contribution is 7.91. The Morgan fingerprint density at radius 3 is 2.52 bits per heavy atom. The van der Waals surface area contributed by atoms with Gasteiger partial charge in [0.15, 0.2) is 0 Å². The van der Waals surface area contributed by atoms with Crippen molar-refractivity contribution in [2.45, 2.75) is 37.0 Å². The van der Waals surface area contributed by atoms with Crippen LogP contribution in [0.5, 0.6) is 0 Å². The lowest BCUT2D eigenvalue weighted by atomic mass is 10.2. The van der Waals surface area contributed by atoms with Crippen molar-refractivity contribution in [2.24, 2.45) is 5.92 Å². The highest BCUT2D eigenvalue weighted by Gasteiger charge is 2.27. The molecule has 134 valence electrons. The normalized spacial score (nSPS) is 14.7. The van der Waals surface area contributed by atoms with E-state index in [0.717, 1.165) is 37.1 Å². The summed E-state index contributed by atoms with van der Waals surface area (Å²) in [6.45, 7) is 2.55. The van der Waals surface area contributed by atoms with E-state index < -0.39 is 26.4 Å². The Morgan fingerprint density at radius 2 is 1.96 bits per heavy atom. The number of nitrogens with zero attached hydrogens (tertiary/aromatic N) is 2. The number of hydrogen-bond donors (Lipinski definition) is 1. The maximum absolute atomic E-state index is 12.5. The molecule has 6 nitrogen and oxygen atoms in total. The summed E-state index contributed by atoms with van der Waals surface area (Å²) in [4.78, 5) is 11.8. The number of halogens is 2. The summed E-state index contributed by atoms with van der Waals surface area (Å²) in [6, 6.07) is 4.43. The van der Waals surface area contributed by atoms with Gasteiger partial charge in [-0.2, -0.15) is 13.9 Å². The van der Waals surface area contributed by atoms with Gasteiger partial charge in [0, 0.05) is 17.7 Å². The fourth-order valence-corrected chi connectivity index (χ4v) is 3.13. The lowest BCUT2D eigenvalue weighted by molar-refractivity contribution is 0.102. The first-order valence-electron chi connectivity index (χ1n) is 7.75.